The van der Waals surface area contributed by atoms with Crippen LogP contribution in [0.3, 0.4) is 0 Å². The molecule has 0 saturated heterocycles. The van der Waals surface area contributed by atoms with E-state index >= 15 is 0 Å². The van der Waals surface area contributed by atoms with E-state index < -0.39 is 5.97 Å². The Labute approximate surface area is 133 Å². The zero-order valence-electron chi connectivity index (χ0n) is 12.7. The highest BCUT2D eigenvalue weighted by molar-refractivity contribution is 5.96. The fraction of sp³-hybridized carbons (Fsp3) is 0.118. The van der Waals surface area contributed by atoms with Gasteiger partial charge in [0.15, 0.2) is 0 Å². The first-order valence-electron chi connectivity index (χ1n) is 6.99. The summed E-state index contributed by atoms with van der Waals surface area (Å²) in [6.07, 6.45) is 3.24. The minimum absolute atomic E-state index is 0.175. The van der Waals surface area contributed by atoms with Crippen LogP contribution in [0.1, 0.15) is 16.1 Å². The highest BCUT2D eigenvalue weighted by atomic mass is 16.5. The van der Waals surface area contributed by atoms with Crippen LogP contribution in [0.25, 0.3) is 16.9 Å². The van der Waals surface area contributed by atoms with E-state index in [1.807, 2.05) is 12.1 Å². The smallest absolute Gasteiger partial charge is 0.339 e. The molecule has 2 aromatic heterocycles. The first kappa shape index (κ1) is 14.8. The normalized spacial score (nSPS) is 10.5. The van der Waals surface area contributed by atoms with Crippen LogP contribution in [0.4, 0.5) is 0 Å². The highest BCUT2D eigenvalue weighted by Crippen LogP contribution is 2.27. The number of carbonyl (C=O) groups is 1. The summed E-state index contributed by atoms with van der Waals surface area (Å²) in [4.78, 5) is 15.7. The lowest BCUT2D eigenvalue weighted by molar-refractivity contribution is 0.0697. The van der Waals surface area contributed by atoms with Crippen molar-refractivity contribution >= 4 is 5.97 Å². The van der Waals surface area contributed by atoms with Gasteiger partial charge in [-0.25, -0.2) is 9.48 Å². The number of ether oxygens (including phenoxy) is 1. The Morgan fingerprint density at radius 1 is 1.22 bits per heavy atom. The molecule has 2 heterocycles. The van der Waals surface area contributed by atoms with E-state index in [0.717, 1.165) is 11.4 Å². The van der Waals surface area contributed by atoms with Crippen LogP contribution in [0, 0.1) is 6.92 Å². The fourth-order valence-electron chi connectivity index (χ4n) is 2.44. The maximum atomic E-state index is 11.7. The third kappa shape index (κ3) is 2.66. The molecule has 0 saturated carbocycles. The molecule has 6 heteroatoms. The van der Waals surface area contributed by atoms with E-state index in [2.05, 4.69) is 10.1 Å². The average Bonchev–Trinajstić information content (AvgIpc) is 2.93. The Hall–Kier alpha value is -3.15. The molecule has 3 rings (SSSR count). The van der Waals surface area contributed by atoms with Crippen LogP contribution in [0.5, 0.6) is 5.75 Å². The monoisotopic (exact) mass is 309 g/mol. The molecular formula is C17H15N3O3. The Kier molecular flexibility index (Phi) is 3.80. The lowest BCUT2D eigenvalue weighted by Gasteiger charge is -2.05. The summed E-state index contributed by atoms with van der Waals surface area (Å²) in [5, 5.41) is 14.0. The number of rotatable bonds is 4. The van der Waals surface area contributed by atoms with Crippen molar-refractivity contribution in [2.75, 3.05) is 7.11 Å². The predicted molar refractivity (Wildman–Crippen MR) is 85.0 cm³/mol. The van der Waals surface area contributed by atoms with Crippen molar-refractivity contribution in [2.45, 2.75) is 6.92 Å². The minimum Gasteiger partial charge on any atom is -0.497 e. The molecule has 1 aromatic carbocycles. The molecule has 0 bridgehead atoms. The minimum atomic E-state index is -1.01. The first-order chi connectivity index (χ1) is 11.1. The standard InChI is InChI=1S/C17H15N3O3/c1-11-15(17(21)22)16(12-4-3-9-18-10-12)19-20(11)13-5-7-14(23-2)8-6-13/h3-10H,1-2H3,(H,21,22). The number of aromatic nitrogens is 3. The van der Waals surface area contributed by atoms with E-state index in [4.69, 9.17) is 4.74 Å². The lowest BCUT2D eigenvalue weighted by atomic mass is 10.1. The number of hydrogen-bond acceptors (Lipinski definition) is 4. The van der Waals surface area contributed by atoms with Gasteiger partial charge < -0.3 is 9.84 Å². The number of hydrogen-bond donors (Lipinski definition) is 1. The Bertz CT molecular complexity index is 840. The molecule has 1 N–H and O–H groups in total. The number of carboxylic acids is 1. The zero-order chi connectivity index (χ0) is 16.4. The molecule has 3 aromatic rings. The fourth-order valence-corrected chi connectivity index (χ4v) is 2.44. The van der Waals surface area contributed by atoms with Gasteiger partial charge in [-0.1, -0.05) is 0 Å². The van der Waals surface area contributed by atoms with Gasteiger partial charge in [-0.15, -0.1) is 0 Å². The molecule has 0 fully saturated rings. The molecule has 0 aliphatic rings. The molecule has 6 nitrogen and oxygen atoms in total. The van der Waals surface area contributed by atoms with Crippen molar-refractivity contribution in [3.8, 4) is 22.7 Å². The third-order valence-electron chi connectivity index (χ3n) is 3.58. The summed E-state index contributed by atoms with van der Waals surface area (Å²) in [5.74, 6) is -0.286. The van der Waals surface area contributed by atoms with Gasteiger partial charge in [0.25, 0.3) is 0 Å². The number of methoxy groups -OCH3 is 1. The molecule has 0 radical (unpaired) electrons. The molecule has 23 heavy (non-hydrogen) atoms. The second-order valence-electron chi connectivity index (χ2n) is 4.97. The third-order valence-corrected chi connectivity index (χ3v) is 3.58. The summed E-state index contributed by atoms with van der Waals surface area (Å²) in [6, 6.07) is 10.8. The second kappa shape index (κ2) is 5.92. The van der Waals surface area contributed by atoms with Crippen LogP contribution < -0.4 is 4.74 Å². The van der Waals surface area contributed by atoms with Crippen LogP contribution >= 0.6 is 0 Å². The second-order valence-corrected chi connectivity index (χ2v) is 4.97. The molecular weight excluding hydrogens is 294 g/mol. The van der Waals surface area contributed by atoms with Crippen LogP contribution in [-0.2, 0) is 0 Å². The van der Waals surface area contributed by atoms with E-state index in [1.165, 1.54) is 0 Å². The molecule has 0 aliphatic carbocycles. The summed E-state index contributed by atoms with van der Waals surface area (Å²) in [7, 11) is 1.59. The van der Waals surface area contributed by atoms with E-state index in [-0.39, 0.29) is 5.56 Å². The van der Waals surface area contributed by atoms with Gasteiger partial charge in [0.05, 0.1) is 18.5 Å². The number of benzene rings is 1. The molecule has 0 spiro atoms. The van der Waals surface area contributed by atoms with Gasteiger partial charge in [0.1, 0.15) is 17.0 Å². The van der Waals surface area contributed by atoms with Gasteiger partial charge in [-0.05, 0) is 43.3 Å². The SMILES string of the molecule is COc1ccc(-n2nc(-c3cccnc3)c(C(=O)O)c2C)cc1. The molecule has 0 amide bonds. The van der Waals surface area contributed by atoms with E-state index in [1.54, 1.807) is 55.4 Å². The van der Waals surface area contributed by atoms with Crippen molar-refractivity contribution in [3.63, 3.8) is 0 Å². The van der Waals surface area contributed by atoms with Crippen LogP contribution in [-0.4, -0.2) is 33.0 Å². The quantitative estimate of drug-likeness (QED) is 0.801. The number of carboxylic acid groups (broad SMARTS) is 1. The average molecular weight is 309 g/mol. The summed E-state index contributed by atoms with van der Waals surface area (Å²) in [5.41, 5.74) is 2.57. The maximum absolute atomic E-state index is 11.7. The van der Waals surface area contributed by atoms with Crippen molar-refractivity contribution in [3.05, 3.63) is 60.0 Å². The summed E-state index contributed by atoms with van der Waals surface area (Å²) >= 11 is 0. The predicted octanol–water partition coefficient (Wildman–Crippen LogP) is 2.95. The van der Waals surface area contributed by atoms with Crippen LogP contribution in [0.15, 0.2) is 48.8 Å². The number of aromatic carboxylic acids is 1. The lowest BCUT2D eigenvalue weighted by Crippen LogP contribution is -2.02. The highest BCUT2D eigenvalue weighted by Gasteiger charge is 2.22. The van der Waals surface area contributed by atoms with Crippen molar-refractivity contribution < 1.29 is 14.6 Å². The number of pyridine rings is 1. The number of nitrogens with zero attached hydrogens (tertiary/aromatic N) is 3. The van der Waals surface area contributed by atoms with Crippen LogP contribution in [0.2, 0.25) is 0 Å². The van der Waals surface area contributed by atoms with Gasteiger partial charge in [0.2, 0.25) is 0 Å². The van der Waals surface area contributed by atoms with Crippen molar-refractivity contribution in [1.29, 1.82) is 0 Å². The van der Waals surface area contributed by atoms with Gasteiger partial charge in [-0.3, -0.25) is 4.98 Å². The molecule has 0 unspecified atom stereocenters. The van der Waals surface area contributed by atoms with Gasteiger partial charge >= 0.3 is 5.97 Å². The van der Waals surface area contributed by atoms with Gasteiger partial charge in [0, 0.05) is 18.0 Å². The molecule has 0 aliphatic heterocycles. The zero-order valence-corrected chi connectivity index (χ0v) is 12.7. The van der Waals surface area contributed by atoms with Gasteiger partial charge in [-0.2, -0.15) is 5.10 Å². The topological polar surface area (TPSA) is 77.2 Å². The Morgan fingerprint density at radius 2 is 1.96 bits per heavy atom. The Balaban J connectivity index is 2.17. The summed E-state index contributed by atoms with van der Waals surface area (Å²) < 4.78 is 6.76. The first-order valence-corrected chi connectivity index (χ1v) is 6.99. The van der Waals surface area contributed by atoms with Crippen molar-refractivity contribution in [1.82, 2.24) is 14.8 Å². The van der Waals surface area contributed by atoms with E-state index in [9.17, 15) is 9.90 Å². The Morgan fingerprint density at radius 3 is 2.52 bits per heavy atom. The largest absolute Gasteiger partial charge is 0.497 e. The molecule has 116 valence electrons. The van der Waals surface area contributed by atoms with E-state index in [0.29, 0.717) is 17.0 Å². The summed E-state index contributed by atoms with van der Waals surface area (Å²) in [6.45, 7) is 1.74. The molecule has 0 atom stereocenters. The van der Waals surface area contributed by atoms with Crippen molar-refractivity contribution in [2.24, 2.45) is 0 Å². The maximum Gasteiger partial charge on any atom is 0.339 e.